The van der Waals surface area contributed by atoms with Crippen molar-refractivity contribution in [2.75, 3.05) is 23.3 Å². The fourth-order valence-electron chi connectivity index (χ4n) is 3.04. The molecule has 2 heterocycles. The third kappa shape index (κ3) is 5.14. The van der Waals surface area contributed by atoms with Gasteiger partial charge in [0.1, 0.15) is 29.4 Å². The monoisotopic (exact) mass is 409 g/mol. The van der Waals surface area contributed by atoms with Crippen molar-refractivity contribution in [2.45, 2.75) is 31.9 Å². The zero-order chi connectivity index (χ0) is 21.7. The second-order valence-corrected chi connectivity index (χ2v) is 7.01. The molecule has 1 fully saturated rings. The Labute approximate surface area is 173 Å². The van der Waals surface area contributed by atoms with Gasteiger partial charge in [0.05, 0.1) is 11.6 Å². The summed E-state index contributed by atoms with van der Waals surface area (Å²) in [6.07, 6.45) is 1.47. The van der Waals surface area contributed by atoms with E-state index < -0.39 is 17.9 Å². The molecule has 0 bridgehead atoms. The molecule has 2 aromatic rings. The Morgan fingerprint density at radius 1 is 1.23 bits per heavy atom. The van der Waals surface area contributed by atoms with E-state index in [4.69, 9.17) is 21.5 Å². The van der Waals surface area contributed by atoms with Gasteiger partial charge in [0.15, 0.2) is 0 Å². The molecular weight excluding hydrogens is 386 g/mol. The fraction of sp³-hybridized carbons (Fsp3) is 0.350. The van der Waals surface area contributed by atoms with Crippen LogP contribution in [0.3, 0.4) is 0 Å². The molecule has 3 rings (SSSR count). The summed E-state index contributed by atoms with van der Waals surface area (Å²) >= 11 is 0. The molecule has 1 aliphatic rings. The molecule has 10 heteroatoms. The number of primary amides is 2. The number of nitrogens with two attached hydrogens (primary N) is 2. The van der Waals surface area contributed by atoms with Gasteiger partial charge in [-0.25, -0.2) is 4.98 Å². The number of benzene rings is 1. The number of amides is 2. The van der Waals surface area contributed by atoms with Gasteiger partial charge in [0, 0.05) is 32.0 Å². The number of anilines is 2. The van der Waals surface area contributed by atoms with E-state index in [1.54, 1.807) is 31.2 Å². The molecule has 1 atom stereocenters. The van der Waals surface area contributed by atoms with E-state index in [9.17, 15) is 9.59 Å². The lowest BCUT2D eigenvalue weighted by atomic mass is 10.1. The molecule has 1 saturated heterocycles. The molecule has 0 radical (unpaired) electrons. The second kappa shape index (κ2) is 9.09. The molecular formula is C20H23N7O3. The number of nitriles is 1. The third-order valence-corrected chi connectivity index (χ3v) is 4.77. The summed E-state index contributed by atoms with van der Waals surface area (Å²) in [6.45, 7) is 2.84. The zero-order valence-corrected chi connectivity index (χ0v) is 16.5. The van der Waals surface area contributed by atoms with Gasteiger partial charge >= 0.3 is 0 Å². The standard InChI is InChI=1S/C20H23N7O3/c1-12(18(22)28)24-17-10-16(19(23)29)25-20(26-17)27-8-6-15(7-9-27)30-14-4-2-13(11-21)3-5-14/h2-5,10,12,15H,6-9H2,1H3,(H2,22,28)(H2,23,29)(H,24,25,26)/t12-/m0/s1. The fourth-order valence-corrected chi connectivity index (χ4v) is 3.04. The van der Waals surface area contributed by atoms with Crippen LogP contribution in [0.2, 0.25) is 0 Å². The van der Waals surface area contributed by atoms with Crippen LogP contribution in [-0.2, 0) is 4.79 Å². The average molecular weight is 409 g/mol. The molecule has 30 heavy (non-hydrogen) atoms. The highest BCUT2D eigenvalue weighted by atomic mass is 16.5. The summed E-state index contributed by atoms with van der Waals surface area (Å²) in [4.78, 5) is 33.6. The third-order valence-electron chi connectivity index (χ3n) is 4.77. The Kier molecular flexibility index (Phi) is 6.32. The van der Waals surface area contributed by atoms with E-state index in [1.165, 1.54) is 6.07 Å². The van der Waals surface area contributed by atoms with Crippen molar-refractivity contribution in [1.82, 2.24) is 9.97 Å². The van der Waals surface area contributed by atoms with Crippen molar-refractivity contribution in [1.29, 1.82) is 5.26 Å². The molecule has 156 valence electrons. The molecule has 1 aliphatic heterocycles. The first-order valence-electron chi connectivity index (χ1n) is 9.52. The lowest BCUT2D eigenvalue weighted by Gasteiger charge is -2.32. The summed E-state index contributed by atoms with van der Waals surface area (Å²) in [6, 6.07) is 9.80. The Balaban J connectivity index is 1.67. The maximum atomic E-state index is 11.7. The van der Waals surface area contributed by atoms with Crippen molar-refractivity contribution in [2.24, 2.45) is 11.5 Å². The summed E-state index contributed by atoms with van der Waals surface area (Å²) in [7, 11) is 0. The van der Waals surface area contributed by atoms with E-state index >= 15 is 0 Å². The number of hydrogen-bond donors (Lipinski definition) is 3. The lowest BCUT2D eigenvalue weighted by Crippen LogP contribution is -2.39. The average Bonchev–Trinajstić information content (AvgIpc) is 2.74. The number of nitrogens with zero attached hydrogens (tertiary/aromatic N) is 4. The van der Waals surface area contributed by atoms with E-state index in [2.05, 4.69) is 21.4 Å². The molecule has 10 nitrogen and oxygen atoms in total. The van der Waals surface area contributed by atoms with E-state index in [-0.39, 0.29) is 11.8 Å². The quantitative estimate of drug-likeness (QED) is 0.604. The van der Waals surface area contributed by atoms with Crippen LogP contribution >= 0.6 is 0 Å². The minimum absolute atomic E-state index is 0.0148. The first-order valence-corrected chi connectivity index (χ1v) is 9.52. The van der Waals surface area contributed by atoms with Crippen LogP contribution < -0.4 is 26.4 Å². The van der Waals surface area contributed by atoms with Crippen LogP contribution in [0, 0.1) is 11.3 Å². The van der Waals surface area contributed by atoms with Crippen molar-refractivity contribution in [3.8, 4) is 11.8 Å². The highest BCUT2D eigenvalue weighted by molar-refractivity contribution is 5.92. The van der Waals surface area contributed by atoms with Crippen molar-refractivity contribution >= 4 is 23.6 Å². The first kappa shape index (κ1) is 20.9. The Morgan fingerprint density at radius 3 is 2.47 bits per heavy atom. The second-order valence-electron chi connectivity index (χ2n) is 7.01. The first-order chi connectivity index (χ1) is 14.4. The predicted octanol–water partition coefficient (Wildman–Crippen LogP) is 0.781. The van der Waals surface area contributed by atoms with Crippen LogP contribution in [0.15, 0.2) is 30.3 Å². The van der Waals surface area contributed by atoms with Gasteiger partial charge in [0.25, 0.3) is 5.91 Å². The van der Waals surface area contributed by atoms with Crippen LogP contribution in [0.5, 0.6) is 5.75 Å². The normalized spacial score (nSPS) is 15.1. The summed E-state index contributed by atoms with van der Waals surface area (Å²) in [5.41, 5.74) is 11.3. The minimum atomic E-state index is -0.688. The maximum absolute atomic E-state index is 11.7. The number of rotatable bonds is 7. The van der Waals surface area contributed by atoms with Crippen molar-refractivity contribution in [3.05, 3.63) is 41.6 Å². The number of ether oxygens (including phenoxy) is 1. The largest absolute Gasteiger partial charge is 0.490 e. The number of hydrogen-bond acceptors (Lipinski definition) is 8. The van der Waals surface area contributed by atoms with Gasteiger partial charge in [-0.1, -0.05) is 0 Å². The summed E-state index contributed by atoms with van der Waals surface area (Å²) in [5.74, 6) is 0.133. The van der Waals surface area contributed by atoms with Crippen LogP contribution in [-0.4, -0.2) is 47.0 Å². The number of carbonyl (C=O) groups excluding carboxylic acids is 2. The topological polar surface area (TPSA) is 160 Å². The molecule has 1 aromatic carbocycles. The zero-order valence-electron chi connectivity index (χ0n) is 16.5. The highest BCUT2D eigenvalue weighted by Gasteiger charge is 2.24. The lowest BCUT2D eigenvalue weighted by molar-refractivity contribution is -0.118. The minimum Gasteiger partial charge on any atom is -0.490 e. The van der Waals surface area contributed by atoms with Gasteiger partial charge in [-0.15, -0.1) is 0 Å². The van der Waals surface area contributed by atoms with Crippen LogP contribution in [0.1, 0.15) is 35.8 Å². The molecule has 2 amide bonds. The van der Waals surface area contributed by atoms with Gasteiger partial charge < -0.3 is 26.4 Å². The van der Waals surface area contributed by atoms with E-state index in [0.29, 0.717) is 36.2 Å². The maximum Gasteiger partial charge on any atom is 0.267 e. The number of aromatic nitrogens is 2. The number of piperidine rings is 1. The molecule has 1 aromatic heterocycles. The molecule has 0 spiro atoms. The predicted molar refractivity (Wildman–Crippen MR) is 110 cm³/mol. The van der Waals surface area contributed by atoms with Gasteiger partial charge in [-0.05, 0) is 31.2 Å². The smallest absolute Gasteiger partial charge is 0.267 e. The number of carbonyl (C=O) groups is 2. The van der Waals surface area contributed by atoms with E-state index in [0.717, 1.165) is 12.8 Å². The molecule has 0 aliphatic carbocycles. The summed E-state index contributed by atoms with van der Waals surface area (Å²) < 4.78 is 5.99. The molecule has 5 N–H and O–H groups in total. The Bertz CT molecular complexity index is 963. The van der Waals surface area contributed by atoms with Crippen LogP contribution in [0.25, 0.3) is 0 Å². The van der Waals surface area contributed by atoms with Crippen LogP contribution in [0.4, 0.5) is 11.8 Å². The Hall–Kier alpha value is -3.87. The summed E-state index contributed by atoms with van der Waals surface area (Å²) in [5, 5.41) is 11.7. The van der Waals surface area contributed by atoms with Gasteiger partial charge in [-0.3, -0.25) is 9.59 Å². The number of nitrogens with one attached hydrogen (secondary N) is 1. The Morgan fingerprint density at radius 2 is 1.90 bits per heavy atom. The highest BCUT2D eigenvalue weighted by Crippen LogP contribution is 2.23. The molecule has 0 saturated carbocycles. The van der Waals surface area contributed by atoms with Crippen molar-refractivity contribution < 1.29 is 14.3 Å². The van der Waals surface area contributed by atoms with E-state index in [1.807, 2.05) is 4.90 Å². The van der Waals surface area contributed by atoms with Gasteiger partial charge in [-0.2, -0.15) is 10.2 Å². The van der Waals surface area contributed by atoms with Gasteiger partial charge in [0.2, 0.25) is 11.9 Å². The SMILES string of the molecule is C[C@H](Nc1cc(C(N)=O)nc(N2CCC(Oc3ccc(C#N)cc3)CC2)n1)C(N)=O. The molecule has 0 unspecified atom stereocenters. The van der Waals surface area contributed by atoms with Crippen molar-refractivity contribution in [3.63, 3.8) is 0 Å².